The lowest BCUT2D eigenvalue weighted by molar-refractivity contribution is -0.0000570. The molecule has 1 aliphatic rings. The molecule has 0 aliphatic carbocycles. The molecular weight excluding hydrogens is 438 g/mol. The summed E-state index contributed by atoms with van der Waals surface area (Å²) in [7, 11) is 0. The van der Waals surface area contributed by atoms with Gasteiger partial charge in [0.05, 0.1) is 23.7 Å². The van der Waals surface area contributed by atoms with Gasteiger partial charge in [-0.1, -0.05) is 30.3 Å². The van der Waals surface area contributed by atoms with Crippen molar-refractivity contribution in [3.8, 4) is 33.8 Å². The van der Waals surface area contributed by atoms with E-state index in [0.717, 1.165) is 5.56 Å². The van der Waals surface area contributed by atoms with Crippen molar-refractivity contribution in [2.75, 3.05) is 13.2 Å². The fourth-order valence-corrected chi connectivity index (χ4v) is 4.36. The fourth-order valence-electron chi connectivity index (χ4n) is 4.36. The molecule has 8 heteroatoms. The summed E-state index contributed by atoms with van der Waals surface area (Å²) in [5.41, 5.74) is 3.96. The lowest BCUT2D eigenvalue weighted by atomic mass is 10.0. The van der Waals surface area contributed by atoms with Gasteiger partial charge in [-0.05, 0) is 36.8 Å². The number of furan rings is 1. The highest BCUT2D eigenvalue weighted by molar-refractivity contribution is 5.95. The van der Waals surface area contributed by atoms with E-state index in [9.17, 15) is 8.78 Å². The molecule has 0 bridgehead atoms. The molecule has 6 nitrogen and oxygen atoms in total. The Morgan fingerprint density at radius 3 is 2.56 bits per heavy atom. The van der Waals surface area contributed by atoms with E-state index in [1.807, 2.05) is 36.4 Å². The molecule has 2 atom stereocenters. The largest absolute Gasteiger partial charge is 0.438 e. The first-order valence-electron chi connectivity index (χ1n) is 11.0. The van der Waals surface area contributed by atoms with Crippen molar-refractivity contribution >= 4 is 11.1 Å². The van der Waals surface area contributed by atoms with Crippen molar-refractivity contribution in [2.45, 2.75) is 18.6 Å². The van der Waals surface area contributed by atoms with Crippen LogP contribution in [0.25, 0.3) is 44.9 Å². The molecule has 2 aromatic carbocycles. The molecule has 3 aromatic heterocycles. The average Bonchev–Trinajstić information content (AvgIpc) is 3.50. The van der Waals surface area contributed by atoms with E-state index in [0.29, 0.717) is 52.4 Å². The quantitative estimate of drug-likeness (QED) is 0.338. The average molecular weight is 458 g/mol. The van der Waals surface area contributed by atoms with Crippen LogP contribution in [0.1, 0.15) is 12.5 Å². The summed E-state index contributed by atoms with van der Waals surface area (Å²) in [6.45, 7) is 0.498. The van der Waals surface area contributed by atoms with Crippen molar-refractivity contribution < 1.29 is 17.9 Å². The second kappa shape index (κ2) is 8.46. The van der Waals surface area contributed by atoms with Crippen molar-refractivity contribution in [1.82, 2.24) is 19.7 Å². The number of benzene rings is 2. The third kappa shape index (κ3) is 3.66. The van der Waals surface area contributed by atoms with E-state index in [4.69, 9.17) is 14.3 Å². The van der Waals surface area contributed by atoms with Crippen LogP contribution in [-0.4, -0.2) is 39.1 Å². The number of nitrogens with zero attached hydrogens (tertiary/aromatic N) is 4. The van der Waals surface area contributed by atoms with Gasteiger partial charge in [-0.15, -0.1) is 0 Å². The fraction of sp³-hybridized carbons (Fsp3) is 0.192. The van der Waals surface area contributed by atoms with Crippen LogP contribution in [0.5, 0.6) is 0 Å². The highest BCUT2D eigenvalue weighted by atomic mass is 19.1. The maximum absolute atomic E-state index is 14.7. The molecule has 2 unspecified atom stereocenters. The van der Waals surface area contributed by atoms with E-state index < -0.39 is 12.2 Å². The van der Waals surface area contributed by atoms with Gasteiger partial charge >= 0.3 is 0 Å². The van der Waals surface area contributed by atoms with Crippen LogP contribution in [0.4, 0.5) is 8.78 Å². The molecule has 34 heavy (non-hydrogen) atoms. The first-order chi connectivity index (χ1) is 16.7. The van der Waals surface area contributed by atoms with E-state index in [1.165, 1.54) is 18.5 Å². The molecule has 6 rings (SSSR count). The van der Waals surface area contributed by atoms with Crippen LogP contribution in [0, 0.1) is 5.82 Å². The van der Waals surface area contributed by atoms with E-state index in [-0.39, 0.29) is 12.4 Å². The lowest BCUT2D eigenvalue weighted by Crippen LogP contribution is -2.31. The van der Waals surface area contributed by atoms with E-state index in [2.05, 4.69) is 9.97 Å². The lowest BCUT2D eigenvalue weighted by Gasteiger charge is -2.26. The van der Waals surface area contributed by atoms with Crippen LogP contribution in [0.2, 0.25) is 0 Å². The highest BCUT2D eigenvalue weighted by Gasteiger charge is 2.30. The molecule has 0 spiro atoms. The van der Waals surface area contributed by atoms with Crippen LogP contribution < -0.4 is 0 Å². The smallest absolute Gasteiger partial charge is 0.230 e. The third-order valence-electron chi connectivity index (χ3n) is 6.08. The molecule has 170 valence electrons. The minimum absolute atomic E-state index is 0.0334. The van der Waals surface area contributed by atoms with Gasteiger partial charge in [0.1, 0.15) is 29.8 Å². The van der Waals surface area contributed by atoms with Gasteiger partial charge in [0.15, 0.2) is 0 Å². The zero-order valence-electron chi connectivity index (χ0n) is 18.1. The minimum Gasteiger partial charge on any atom is -0.438 e. The Hall–Kier alpha value is -3.91. The van der Waals surface area contributed by atoms with Gasteiger partial charge in [-0.2, -0.15) is 5.10 Å². The SMILES string of the molecule is Fc1ccc(-c2nn(C3CCOCC3F)cc2-c2ncnc3oc(-c4ccccc4)cc23)cc1. The van der Waals surface area contributed by atoms with Crippen molar-refractivity contribution in [2.24, 2.45) is 0 Å². The van der Waals surface area contributed by atoms with Crippen LogP contribution in [-0.2, 0) is 4.74 Å². The number of halogens is 2. The molecule has 0 amide bonds. The normalized spacial score (nSPS) is 18.4. The summed E-state index contributed by atoms with van der Waals surface area (Å²) in [6, 6.07) is 17.3. The molecule has 1 fully saturated rings. The molecule has 1 aliphatic heterocycles. The maximum Gasteiger partial charge on any atom is 0.230 e. The maximum atomic E-state index is 14.7. The Morgan fingerprint density at radius 1 is 0.941 bits per heavy atom. The molecule has 0 saturated carbocycles. The Kier molecular flexibility index (Phi) is 5.15. The molecule has 0 radical (unpaired) electrons. The second-order valence-electron chi connectivity index (χ2n) is 8.24. The number of hydrogen-bond acceptors (Lipinski definition) is 5. The summed E-state index contributed by atoms with van der Waals surface area (Å²) < 4.78 is 41.2. The van der Waals surface area contributed by atoms with Crippen LogP contribution in [0.3, 0.4) is 0 Å². The summed E-state index contributed by atoms with van der Waals surface area (Å²) in [5, 5.41) is 5.46. The van der Waals surface area contributed by atoms with Gasteiger partial charge < -0.3 is 9.15 Å². The summed E-state index contributed by atoms with van der Waals surface area (Å²) >= 11 is 0. The first-order valence-corrected chi connectivity index (χ1v) is 11.0. The zero-order valence-corrected chi connectivity index (χ0v) is 18.1. The summed E-state index contributed by atoms with van der Waals surface area (Å²) in [4.78, 5) is 8.85. The molecule has 5 aromatic rings. The van der Waals surface area contributed by atoms with Crippen LogP contribution in [0.15, 0.2) is 77.6 Å². The van der Waals surface area contributed by atoms with Crippen LogP contribution >= 0.6 is 0 Å². The van der Waals surface area contributed by atoms with Crippen molar-refractivity contribution in [3.63, 3.8) is 0 Å². The Bertz CT molecular complexity index is 1450. The number of rotatable bonds is 4. The zero-order chi connectivity index (χ0) is 23.1. The van der Waals surface area contributed by atoms with Gasteiger partial charge in [-0.3, -0.25) is 4.68 Å². The van der Waals surface area contributed by atoms with Gasteiger partial charge in [-0.25, -0.2) is 18.7 Å². The predicted molar refractivity (Wildman–Crippen MR) is 123 cm³/mol. The Morgan fingerprint density at radius 2 is 1.76 bits per heavy atom. The monoisotopic (exact) mass is 458 g/mol. The number of aromatic nitrogens is 4. The predicted octanol–water partition coefficient (Wildman–Crippen LogP) is 5.86. The van der Waals surface area contributed by atoms with E-state index in [1.54, 1.807) is 23.0 Å². The summed E-state index contributed by atoms with van der Waals surface area (Å²) in [5.74, 6) is 0.325. The minimum atomic E-state index is -1.17. The molecule has 1 saturated heterocycles. The van der Waals surface area contributed by atoms with Crippen molar-refractivity contribution in [3.05, 3.63) is 79.0 Å². The van der Waals surface area contributed by atoms with Gasteiger partial charge in [0.2, 0.25) is 5.71 Å². The standard InChI is InChI=1S/C26H20F2N4O2/c27-18-8-6-17(7-9-18)24-20(13-32(31-24)22-10-11-33-14-21(22)28)25-19-12-23(16-4-2-1-3-5-16)34-26(19)30-15-29-25/h1-9,12-13,15,21-22H,10-11,14H2. The van der Waals surface area contributed by atoms with E-state index >= 15 is 0 Å². The van der Waals surface area contributed by atoms with Gasteiger partial charge in [0.25, 0.3) is 0 Å². The third-order valence-corrected chi connectivity index (χ3v) is 6.08. The first kappa shape index (κ1) is 20.7. The molecular formula is C26H20F2N4O2. The Balaban J connectivity index is 1.53. The number of alkyl halides is 1. The number of ether oxygens (including phenoxy) is 1. The summed E-state index contributed by atoms with van der Waals surface area (Å²) in [6.07, 6.45) is 2.58. The molecule has 0 N–H and O–H groups in total. The van der Waals surface area contributed by atoms with Gasteiger partial charge in [0, 0.05) is 29.5 Å². The highest BCUT2D eigenvalue weighted by Crippen LogP contribution is 2.38. The number of fused-ring (bicyclic) bond motifs is 1. The topological polar surface area (TPSA) is 66.0 Å². The Labute approximate surface area is 193 Å². The number of hydrogen-bond donors (Lipinski definition) is 0. The van der Waals surface area contributed by atoms with Crippen molar-refractivity contribution in [1.29, 1.82) is 0 Å². The molecule has 4 heterocycles. The second-order valence-corrected chi connectivity index (χ2v) is 8.24.